The van der Waals surface area contributed by atoms with Gasteiger partial charge < -0.3 is 20.4 Å². The largest absolute Gasteiger partial charge is 0.368 e. The first-order valence-electron chi connectivity index (χ1n) is 7.75. The second-order valence-electron chi connectivity index (χ2n) is 6.03. The van der Waals surface area contributed by atoms with Gasteiger partial charge in [-0.2, -0.15) is 4.98 Å². The van der Waals surface area contributed by atoms with Crippen molar-refractivity contribution in [3.63, 3.8) is 0 Å². The fraction of sp³-hybridized carbons (Fsp3) is 0.438. The molecule has 23 heavy (non-hydrogen) atoms. The Bertz CT molecular complexity index is 678. The highest BCUT2D eigenvalue weighted by Crippen LogP contribution is 2.29. The van der Waals surface area contributed by atoms with Gasteiger partial charge in [-0.15, -0.1) is 0 Å². The van der Waals surface area contributed by atoms with Crippen molar-refractivity contribution in [1.82, 2.24) is 19.9 Å². The number of nitrogen functional groups attached to an aromatic ring is 1. The summed E-state index contributed by atoms with van der Waals surface area (Å²) in [5, 5.41) is 0. The van der Waals surface area contributed by atoms with E-state index in [0.717, 1.165) is 49.1 Å². The third-order valence-corrected chi connectivity index (χ3v) is 4.04. The van der Waals surface area contributed by atoms with E-state index in [1.54, 1.807) is 6.20 Å². The molecule has 122 valence electrons. The number of nitrogens with two attached hydrogens (primary N) is 1. The van der Waals surface area contributed by atoms with Gasteiger partial charge >= 0.3 is 0 Å². The highest BCUT2D eigenvalue weighted by Gasteiger charge is 2.18. The lowest BCUT2D eigenvalue weighted by Gasteiger charge is -2.33. The van der Waals surface area contributed by atoms with Gasteiger partial charge in [0.05, 0.1) is 5.69 Å². The molecule has 0 radical (unpaired) electrons. The third kappa shape index (κ3) is 3.34. The number of anilines is 3. The molecule has 0 aliphatic carbocycles. The van der Waals surface area contributed by atoms with Crippen LogP contribution in [0.25, 0.3) is 11.3 Å². The molecule has 2 aromatic rings. The molecule has 0 spiro atoms. The number of aromatic nitrogens is 3. The lowest BCUT2D eigenvalue weighted by molar-refractivity contribution is 0.312. The van der Waals surface area contributed by atoms with Crippen LogP contribution in [0, 0.1) is 0 Å². The minimum atomic E-state index is 0.296. The van der Waals surface area contributed by atoms with E-state index in [0.29, 0.717) is 5.95 Å². The normalized spacial score (nSPS) is 15.7. The maximum Gasteiger partial charge on any atom is 0.222 e. The molecule has 1 fully saturated rings. The Hall–Kier alpha value is -2.41. The van der Waals surface area contributed by atoms with Crippen molar-refractivity contribution >= 4 is 17.6 Å². The standard InChI is InChI=1S/C16H23N7/c1-21(2)15-12(5-4-6-18-15)13-11-14(20-16(17)19-13)23-9-7-22(3)8-10-23/h4-6,11H,7-10H2,1-3H3,(H2,17,19,20). The summed E-state index contributed by atoms with van der Waals surface area (Å²) in [5.41, 5.74) is 7.73. The summed E-state index contributed by atoms with van der Waals surface area (Å²) in [6.07, 6.45) is 1.78. The van der Waals surface area contributed by atoms with E-state index >= 15 is 0 Å². The molecule has 1 saturated heterocycles. The molecular weight excluding hydrogens is 290 g/mol. The Morgan fingerprint density at radius 1 is 1.13 bits per heavy atom. The van der Waals surface area contributed by atoms with Gasteiger partial charge in [-0.05, 0) is 19.2 Å². The van der Waals surface area contributed by atoms with E-state index < -0.39 is 0 Å². The molecule has 2 N–H and O–H groups in total. The van der Waals surface area contributed by atoms with Gasteiger partial charge in [0.2, 0.25) is 5.95 Å². The summed E-state index contributed by atoms with van der Waals surface area (Å²) in [4.78, 5) is 19.8. The van der Waals surface area contributed by atoms with Crippen molar-refractivity contribution in [3.8, 4) is 11.3 Å². The Balaban J connectivity index is 1.98. The molecule has 7 nitrogen and oxygen atoms in total. The summed E-state index contributed by atoms with van der Waals surface area (Å²) in [6.45, 7) is 3.93. The Morgan fingerprint density at radius 2 is 1.87 bits per heavy atom. The number of hydrogen-bond acceptors (Lipinski definition) is 7. The second kappa shape index (κ2) is 6.37. The molecule has 1 aliphatic heterocycles. The summed E-state index contributed by atoms with van der Waals surface area (Å²) in [5.74, 6) is 2.05. The molecule has 3 heterocycles. The van der Waals surface area contributed by atoms with Gasteiger partial charge in [0, 0.05) is 58.1 Å². The van der Waals surface area contributed by atoms with Crippen molar-refractivity contribution < 1.29 is 0 Å². The first-order chi connectivity index (χ1) is 11.0. The molecule has 0 bridgehead atoms. The number of likely N-dealkylation sites (N-methyl/N-ethyl adjacent to an activating group) is 1. The highest BCUT2D eigenvalue weighted by molar-refractivity contribution is 5.75. The highest BCUT2D eigenvalue weighted by atomic mass is 15.3. The van der Waals surface area contributed by atoms with Crippen LogP contribution in [0.3, 0.4) is 0 Å². The fourth-order valence-corrected chi connectivity index (χ4v) is 2.74. The van der Waals surface area contributed by atoms with Crippen LogP contribution in [-0.2, 0) is 0 Å². The first kappa shape index (κ1) is 15.5. The molecule has 0 aromatic carbocycles. The molecule has 7 heteroatoms. The van der Waals surface area contributed by atoms with E-state index in [1.807, 2.05) is 37.2 Å². The average Bonchev–Trinajstić information content (AvgIpc) is 2.55. The molecule has 2 aromatic heterocycles. The molecular formula is C16H23N7. The van der Waals surface area contributed by atoms with E-state index in [9.17, 15) is 0 Å². The van der Waals surface area contributed by atoms with Crippen LogP contribution in [0.5, 0.6) is 0 Å². The zero-order valence-electron chi connectivity index (χ0n) is 13.9. The van der Waals surface area contributed by atoms with Crippen LogP contribution in [0.4, 0.5) is 17.6 Å². The maximum atomic E-state index is 5.96. The number of piperazine rings is 1. The van der Waals surface area contributed by atoms with Gasteiger partial charge in [-0.3, -0.25) is 0 Å². The summed E-state index contributed by atoms with van der Waals surface area (Å²) in [7, 11) is 6.08. The molecule has 0 unspecified atom stereocenters. The first-order valence-corrected chi connectivity index (χ1v) is 7.75. The van der Waals surface area contributed by atoms with Crippen molar-refractivity contribution in [3.05, 3.63) is 24.4 Å². The van der Waals surface area contributed by atoms with Crippen molar-refractivity contribution in [2.45, 2.75) is 0 Å². The minimum absolute atomic E-state index is 0.296. The maximum absolute atomic E-state index is 5.96. The Labute approximate surface area is 136 Å². The quantitative estimate of drug-likeness (QED) is 0.904. The number of rotatable bonds is 3. The van der Waals surface area contributed by atoms with Gasteiger partial charge in [-0.25, -0.2) is 9.97 Å². The summed E-state index contributed by atoms with van der Waals surface area (Å²) in [6, 6.07) is 5.93. The van der Waals surface area contributed by atoms with E-state index in [-0.39, 0.29) is 0 Å². The predicted octanol–water partition coefficient (Wildman–Crippen LogP) is 0.939. The molecule has 3 rings (SSSR count). The smallest absolute Gasteiger partial charge is 0.222 e. The molecule has 1 aliphatic rings. The van der Waals surface area contributed by atoms with Crippen LogP contribution in [-0.4, -0.2) is 67.2 Å². The van der Waals surface area contributed by atoms with Crippen molar-refractivity contribution in [1.29, 1.82) is 0 Å². The van der Waals surface area contributed by atoms with Crippen molar-refractivity contribution in [2.75, 3.05) is 62.9 Å². The van der Waals surface area contributed by atoms with Crippen LogP contribution in [0.2, 0.25) is 0 Å². The predicted molar refractivity (Wildman–Crippen MR) is 93.7 cm³/mol. The lowest BCUT2D eigenvalue weighted by atomic mass is 10.1. The SMILES string of the molecule is CN1CCN(c2cc(-c3cccnc3N(C)C)nc(N)n2)CC1. The van der Waals surface area contributed by atoms with Gasteiger partial charge in [-0.1, -0.05) is 0 Å². The van der Waals surface area contributed by atoms with Gasteiger partial charge in [0.1, 0.15) is 11.6 Å². The van der Waals surface area contributed by atoms with Gasteiger partial charge in [0.15, 0.2) is 0 Å². The Morgan fingerprint density at radius 3 is 2.57 bits per heavy atom. The van der Waals surface area contributed by atoms with Crippen molar-refractivity contribution in [2.24, 2.45) is 0 Å². The van der Waals surface area contributed by atoms with E-state index in [4.69, 9.17) is 5.73 Å². The van der Waals surface area contributed by atoms with E-state index in [1.165, 1.54) is 0 Å². The minimum Gasteiger partial charge on any atom is -0.368 e. The third-order valence-electron chi connectivity index (χ3n) is 4.04. The average molecular weight is 313 g/mol. The van der Waals surface area contributed by atoms with Crippen LogP contribution < -0.4 is 15.5 Å². The van der Waals surface area contributed by atoms with Gasteiger partial charge in [0.25, 0.3) is 0 Å². The summed E-state index contributed by atoms with van der Waals surface area (Å²) < 4.78 is 0. The topological polar surface area (TPSA) is 74.4 Å². The second-order valence-corrected chi connectivity index (χ2v) is 6.03. The number of nitrogens with zero attached hydrogens (tertiary/aromatic N) is 6. The lowest BCUT2D eigenvalue weighted by Crippen LogP contribution is -2.44. The van der Waals surface area contributed by atoms with E-state index in [2.05, 4.69) is 31.8 Å². The molecule has 0 atom stereocenters. The summed E-state index contributed by atoms with van der Waals surface area (Å²) >= 11 is 0. The fourth-order valence-electron chi connectivity index (χ4n) is 2.74. The zero-order valence-corrected chi connectivity index (χ0v) is 13.9. The Kier molecular flexibility index (Phi) is 4.29. The monoisotopic (exact) mass is 313 g/mol. The van der Waals surface area contributed by atoms with Crippen LogP contribution >= 0.6 is 0 Å². The van der Waals surface area contributed by atoms with Crippen LogP contribution in [0.1, 0.15) is 0 Å². The number of hydrogen-bond donors (Lipinski definition) is 1. The number of pyridine rings is 1. The van der Waals surface area contributed by atoms with Crippen LogP contribution in [0.15, 0.2) is 24.4 Å². The molecule has 0 saturated carbocycles. The molecule has 0 amide bonds. The zero-order chi connectivity index (χ0) is 16.4.